The predicted octanol–water partition coefficient (Wildman–Crippen LogP) is 0.627. The summed E-state index contributed by atoms with van der Waals surface area (Å²) in [4.78, 5) is 22.4. The highest BCUT2D eigenvalue weighted by molar-refractivity contribution is 5.89. The van der Waals surface area contributed by atoms with E-state index in [9.17, 15) is 9.59 Å². The Labute approximate surface area is 117 Å². The summed E-state index contributed by atoms with van der Waals surface area (Å²) < 4.78 is 4.71. The lowest BCUT2D eigenvalue weighted by Crippen LogP contribution is -2.39. The number of nitrogens with one attached hydrogen (secondary N) is 3. The third kappa shape index (κ3) is 5.25. The molecular formula is C13H19N3O4. The molecule has 0 saturated carbocycles. The molecule has 110 valence electrons. The van der Waals surface area contributed by atoms with Crippen LogP contribution in [0.3, 0.4) is 0 Å². The zero-order chi connectivity index (χ0) is 15.0. The number of carboxylic acids is 1. The molecule has 0 aliphatic carbocycles. The predicted molar refractivity (Wildman–Crippen MR) is 74.7 cm³/mol. The average Bonchev–Trinajstić information content (AvgIpc) is 2.39. The van der Waals surface area contributed by atoms with Crippen molar-refractivity contribution in [3.63, 3.8) is 0 Å². The van der Waals surface area contributed by atoms with Gasteiger partial charge in [0, 0.05) is 19.3 Å². The van der Waals surface area contributed by atoms with Crippen molar-refractivity contribution >= 4 is 17.7 Å². The molecule has 0 heterocycles. The number of ether oxygens (including phenoxy) is 1. The first-order chi connectivity index (χ1) is 9.56. The zero-order valence-electron chi connectivity index (χ0n) is 11.5. The van der Waals surface area contributed by atoms with Crippen LogP contribution >= 0.6 is 0 Å². The summed E-state index contributed by atoms with van der Waals surface area (Å²) in [5.74, 6) is -1.12. The van der Waals surface area contributed by atoms with Crippen LogP contribution in [0.1, 0.15) is 5.56 Å². The number of hydrogen-bond acceptors (Lipinski definition) is 4. The minimum atomic E-state index is -1.12. The number of carboxylic acid groups (broad SMARTS) is 1. The number of amides is 2. The molecule has 1 atom stereocenters. The van der Waals surface area contributed by atoms with Crippen molar-refractivity contribution in [2.24, 2.45) is 0 Å². The van der Waals surface area contributed by atoms with Gasteiger partial charge < -0.3 is 25.8 Å². The van der Waals surface area contributed by atoms with Crippen LogP contribution in [0.15, 0.2) is 24.3 Å². The number of methoxy groups -OCH3 is 1. The number of rotatable bonds is 7. The van der Waals surface area contributed by atoms with Crippen molar-refractivity contribution in [2.45, 2.75) is 12.6 Å². The highest BCUT2D eigenvalue weighted by atomic mass is 16.5. The van der Waals surface area contributed by atoms with E-state index in [4.69, 9.17) is 9.84 Å². The van der Waals surface area contributed by atoms with Crippen LogP contribution in [-0.4, -0.2) is 43.9 Å². The standard InChI is InChI=1S/C13H19N3O4/c1-14-7-9-4-3-5-10(6-9)16-13(19)15-8-11(20-2)12(17)18/h3-6,11,14H,7-8H2,1-2H3,(H,17,18)(H2,15,16,19). The number of hydrogen-bond donors (Lipinski definition) is 4. The van der Waals surface area contributed by atoms with Gasteiger partial charge in [0.2, 0.25) is 0 Å². The number of anilines is 1. The maximum absolute atomic E-state index is 11.6. The maximum atomic E-state index is 11.6. The van der Waals surface area contributed by atoms with E-state index < -0.39 is 18.1 Å². The zero-order valence-corrected chi connectivity index (χ0v) is 11.5. The molecule has 2 amide bonds. The van der Waals surface area contributed by atoms with E-state index in [2.05, 4.69) is 16.0 Å². The molecule has 20 heavy (non-hydrogen) atoms. The molecule has 0 bridgehead atoms. The molecule has 0 aliphatic rings. The second-order valence-electron chi connectivity index (χ2n) is 4.13. The SMILES string of the molecule is CNCc1cccc(NC(=O)NCC(OC)C(=O)O)c1. The van der Waals surface area contributed by atoms with Crippen molar-refractivity contribution in [1.82, 2.24) is 10.6 Å². The Morgan fingerprint density at radius 2 is 2.15 bits per heavy atom. The van der Waals surface area contributed by atoms with Crippen LogP contribution in [0.2, 0.25) is 0 Å². The lowest BCUT2D eigenvalue weighted by molar-refractivity contribution is -0.147. The molecule has 0 fully saturated rings. The van der Waals surface area contributed by atoms with Crippen LogP contribution in [-0.2, 0) is 16.1 Å². The fourth-order valence-electron chi connectivity index (χ4n) is 1.60. The lowest BCUT2D eigenvalue weighted by Gasteiger charge is -2.12. The monoisotopic (exact) mass is 281 g/mol. The van der Waals surface area contributed by atoms with E-state index in [-0.39, 0.29) is 6.54 Å². The van der Waals surface area contributed by atoms with Crippen molar-refractivity contribution in [3.05, 3.63) is 29.8 Å². The molecule has 4 N–H and O–H groups in total. The minimum absolute atomic E-state index is 0.103. The molecule has 1 aromatic rings. The quantitative estimate of drug-likeness (QED) is 0.587. The van der Waals surface area contributed by atoms with Gasteiger partial charge in [0.25, 0.3) is 0 Å². The van der Waals surface area contributed by atoms with Crippen molar-refractivity contribution < 1.29 is 19.4 Å². The number of carbonyl (C=O) groups excluding carboxylic acids is 1. The Morgan fingerprint density at radius 3 is 2.75 bits per heavy atom. The molecule has 0 aromatic heterocycles. The normalized spacial score (nSPS) is 11.7. The highest BCUT2D eigenvalue weighted by Crippen LogP contribution is 2.10. The minimum Gasteiger partial charge on any atom is -0.479 e. The van der Waals surface area contributed by atoms with Gasteiger partial charge in [0.05, 0.1) is 6.54 Å². The van der Waals surface area contributed by atoms with E-state index >= 15 is 0 Å². The topological polar surface area (TPSA) is 99.7 Å². The van der Waals surface area contributed by atoms with E-state index in [1.54, 1.807) is 6.07 Å². The highest BCUT2D eigenvalue weighted by Gasteiger charge is 2.16. The van der Waals surface area contributed by atoms with E-state index in [1.807, 2.05) is 25.2 Å². The Hall–Kier alpha value is -2.12. The second kappa shape index (κ2) is 8.13. The fourth-order valence-corrected chi connectivity index (χ4v) is 1.60. The first-order valence-corrected chi connectivity index (χ1v) is 6.10. The Balaban J connectivity index is 2.49. The van der Waals surface area contributed by atoms with Crippen LogP contribution < -0.4 is 16.0 Å². The Bertz CT molecular complexity index is 465. The smallest absolute Gasteiger partial charge is 0.334 e. The van der Waals surface area contributed by atoms with Gasteiger partial charge in [-0.1, -0.05) is 12.1 Å². The second-order valence-corrected chi connectivity index (χ2v) is 4.13. The average molecular weight is 281 g/mol. The van der Waals surface area contributed by atoms with Gasteiger partial charge in [-0.15, -0.1) is 0 Å². The van der Waals surface area contributed by atoms with Gasteiger partial charge in [-0.05, 0) is 24.7 Å². The summed E-state index contributed by atoms with van der Waals surface area (Å²) in [7, 11) is 3.11. The summed E-state index contributed by atoms with van der Waals surface area (Å²) in [5, 5.41) is 16.9. The van der Waals surface area contributed by atoms with E-state index in [1.165, 1.54) is 7.11 Å². The molecule has 7 heteroatoms. The molecule has 0 spiro atoms. The van der Waals surface area contributed by atoms with E-state index in [0.29, 0.717) is 12.2 Å². The molecular weight excluding hydrogens is 262 g/mol. The number of carbonyl (C=O) groups is 2. The first-order valence-electron chi connectivity index (χ1n) is 6.10. The van der Waals surface area contributed by atoms with Crippen LogP contribution in [0, 0.1) is 0 Å². The molecule has 7 nitrogen and oxygen atoms in total. The Kier molecular flexibility index (Phi) is 6.48. The van der Waals surface area contributed by atoms with E-state index in [0.717, 1.165) is 5.56 Å². The number of benzene rings is 1. The summed E-state index contributed by atoms with van der Waals surface area (Å²) >= 11 is 0. The molecule has 0 radical (unpaired) electrons. The fraction of sp³-hybridized carbons (Fsp3) is 0.385. The molecule has 0 saturated heterocycles. The number of urea groups is 1. The first kappa shape index (κ1) is 15.9. The summed E-state index contributed by atoms with van der Waals surface area (Å²) in [6.07, 6.45) is -1.06. The summed E-state index contributed by atoms with van der Waals surface area (Å²) in [6, 6.07) is 6.88. The van der Waals surface area contributed by atoms with Crippen LogP contribution in [0.4, 0.5) is 10.5 Å². The summed E-state index contributed by atoms with van der Waals surface area (Å²) in [6.45, 7) is 0.593. The van der Waals surface area contributed by atoms with Crippen molar-refractivity contribution in [3.8, 4) is 0 Å². The molecule has 1 unspecified atom stereocenters. The number of aliphatic carboxylic acids is 1. The molecule has 0 aliphatic heterocycles. The van der Waals surface area contributed by atoms with Gasteiger partial charge in [0.15, 0.2) is 6.10 Å². The van der Waals surface area contributed by atoms with Gasteiger partial charge in [-0.2, -0.15) is 0 Å². The molecule has 1 aromatic carbocycles. The van der Waals surface area contributed by atoms with Crippen molar-refractivity contribution in [2.75, 3.05) is 26.0 Å². The van der Waals surface area contributed by atoms with Crippen molar-refractivity contribution in [1.29, 1.82) is 0 Å². The molecule has 1 rings (SSSR count). The summed E-state index contributed by atoms with van der Waals surface area (Å²) in [5.41, 5.74) is 1.67. The van der Waals surface area contributed by atoms with Crippen LogP contribution in [0.25, 0.3) is 0 Å². The van der Waals surface area contributed by atoms with Gasteiger partial charge in [-0.25, -0.2) is 9.59 Å². The lowest BCUT2D eigenvalue weighted by atomic mass is 10.2. The third-order valence-electron chi connectivity index (χ3n) is 2.57. The maximum Gasteiger partial charge on any atom is 0.334 e. The van der Waals surface area contributed by atoms with Gasteiger partial charge in [-0.3, -0.25) is 0 Å². The van der Waals surface area contributed by atoms with Gasteiger partial charge >= 0.3 is 12.0 Å². The third-order valence-corrected chi connectivity index (χ3v) is 2.57. The largest absolute Gasteiger partial charge is 0.479 e. The Morgan fingerprint density at radius 1 is 1.40 bits per heavy atom. The van der Waals surface area contributed by atoms with Crippen LogP contribution in [0.5, 0.6) is 0 Å². The van der Waals surface area contributed by atoms with Gasteiger partial charge in [0.1, 0.15) is 0 Å².